The lowest BCUT2D eigenvalue weighted by molar-refractivity contribution is -0.137. The Bertz CT molecular complexity index is 1070. The summed E-state index contributed by atoms with van der Waals surface area (Å²) in [5.41, 5.74) is 0.316. The van der Waals surface area contributed by atoms with Crippen LogP contribution in [0.3, 0.4) is 0 Å². The molecule has 3 saturated heterocycles. The lowest BCUT2D eigenvalue weighted by Crippen LogP contribution is -2.57. The maximum absolute atomic E-state index is 12.7. The molecule has 1 aromatic rings. The number of hydrogen-bond acceptors (Lipinski definition) is 8. The minimum absolute atomic E-state index is 0.0458. The van der Waals surface area contributed by atoms with E-state index in [1.165, 1.54) is 4.90 Å². The molecule has 0 aliphatic carbocycles. The Morgan fingerprint density at radius 3 is 2.85 bits per heavy atom. The quantitative estimate of drug-likeness (QED) is 0.509. The van der Waals surface area contributed by atoms with Gasteiger partial charge in [-0.25, -0.2) is 4.79 Å². The number of fused-ring (bicyclic) bond motifs is 1. The van der Waals surface area contributed by atoms with Crippen molar-refractivity contribution in [2.45, 2.75) is 37.5 Å². The average molecular weight is 467 g/mol. The number of carbonyl (C=O) groups is 2. The van der Waals surface area contributed by atoms with Crippen molar-refractivity contribution in [1.82, 2.24) is 9.80 Å². The summed E-state index contributed by atoms with van der Waals surface area (Å²) in [6.45, 7) is 5.71. The second-order valence-electron chi connectivity index (χ2n) is 9.34. The number of esters is 1. The number of amides is 1. The number of anilines is 1. The molecule has 1 N–H and O–H groups in total. The summed E-state index contributed by atoms with van der Waals surface area (Å²) >= 11 is 0. The zero-order valence-electron chi connectivity index (χ0n) is 19.6. The number of benzene rings is 1. The van der Waals surface area contributed by atoms with E-state index in [0.29, 0.717) is 36.9 Å². The topological polar surface area (TPSA) is 94.9 Å². The molecule has 0 saturated carbocycles. The number of carbonyl (C=O) groups excluding carboxylic acids is 2. The highest BCUT2D eigenvalue weighted by molar-refractivity contribution is 6.38. The van der Waals surface area contributed by atoms with E-state index in [2.05, 4.69) is 16.7 Å². The Kier molecular flexibility index (Phi) is 6.06. The van der Waals surface area contributed by atoms with Gasteiger partial charge >= 0.3 is 5.97 Å². The molecule has 0 aromatic heterocycles. The highest BCUT2D eigenvalue weighted by atomic mass is 16.5. The fourth-order valence-electron chi connectivity index (χ4n) is 5.07. The molecule has 4 aliphatic heterocycles. The van der Waals surface area contributed by atoms with Gasteiger partial charge in [-0.15, -0.1) is 0 Å². The largest absolute Gasteiger partial charge is 0.461 e. The van der Waals surface area contributed by atoms with Gasteiger partial charge in [0.05, 0.1) is 37.6 Å². The molecule has 4 aliphatic rings. The van der Waals surface area contributed by atoms with Crippen molar-refractivity contribution in [2.75, 3.05) is 51.5 Å². The van der Waals surface area contributed by atoms with Crippen molar-refractivity contribution in [3.05, 3.63) is 29.8 Å². The van der Waals surface area contributed by atoms with Crippen LogP contribution in [-0.2, 0) is 19.1 Å². The van der Waals surface area contributed by atoms with E-state index in [1.807, 2.05) is 29.3 Å². The van der Waals surface area contributed by atoms with Gasteiger partial charge in [-0.3, -0.25) is 14.7 Å². The van der Waals surface area contributed by atoms with Crippen LogP contribution in [0, 0.1) is 17.8 Å². The van der Waals surface area contributed by atoms with Crippen LogP contribution in [0.5, 0.6) is 0 Å². The fourth-order valence-corrected chi connectivity index (χ4v) is 5.07. The van der Waals surface area contributed by atoms with Crippen molar-refractivity contribution in [3.63, 3.8) is 0 Å². The number of nitrogens with zero attached hydrogens (tertiary/aromatic N) is 4. The zero-order chi connectivity index (χ0) is 23.9. The van der Waals surface area contributed by atoms with Crippen molar-refractivity contribution in [3.8, 4) is 11.8 Å². The van der Waals surface area contributed by atoms with E-state index in [4.69, 9.17) is 14.6 Å². The molecule has 4 heterocycles. The molecule has 2 unspecified atom stereocenters. The lowest BCUT2D eigenvalue weighted by atomic mass is 9.87. The van der Waals surface area contributed by atoms with E-state index in [-0.39, 0.29) is 23.8 Å². The van der Waals surface area contributed by atoms with E-state index in [0.717, 1.165) is 38.4 Å². The Balaban J connectivity index is 1.40. The summed E-state index contributed by atoms with van der Waals surface area (Å²) in [4.78, 5) is 28.8. The Morgan fingerprint density at radius 2 is 2.18 bits per heavy atom. The van der Waals surface area contributed by atoms with Gasteiger partial charge in [-0.2, -0.15) is 5.10 Å². The molecular weight excluding hydrogens is 436 g/mol. The summed E-state index contributed by atoms with van der Waals surface area (Å²) in [6, 6.07) is 8.00. The first-order chi connectivity index (χ1) is 16.4. The minimum Gasteiger partial charge on any atom is -0.461 e. The Hall–Kier alpha value is -2.93. The van der Waals surface area contributed by atoms with Gasteiger partial charge in [0.1, 0.15) is 0 Å². The predicted octanol–water partition coefficient (Wildman–Crippen LogP) is 0.460. The standard InChI is InChI=1S/C25H30N4O5/c1-3-34-23(30)22-20-14-28(19-15-33-16-19)11-8-21(20)29(26-22)18-6-4-5-17(13-18)7-9-25(32)10-12-27(2)24(25)31/h4-6,13,19-21,32H,3,8,10-12,14-16H2,1-2H3/t20?,21?,25-/m0/s1. The highest BCUT2D eigenvalue weighted by Gasteiger charge is 2.47. The first kappa shape index (κ1) is 22.8. The second kappa shape index (κ2) is 9.02. The smallest absolute Gasteiger partial charge is 0.354 e. The third-order valence-electron chi connectivity index (χ3n) is 7.14. The molecule has 9 nitrogen and oxygen atoms in total. The molecule has 1 amide bonds. The van der Waals surface area contributed by atoms with Crippen molar-refractivity contribution >= 4 is 23.3 Å². The van der Waals surface area contributed by atoms with E-state index in [1.54, 1.807) is 14.0 Å². The number of rotatable bonds is 4. The fraction of sp³-hybridized carbons (Fsp3) is 0.560. The van der Waals surface area contributed by atoms with Crippen LogP contribution in [0.15, 0.2) is 29.4 Å². The van der Waals surface area contributed by atoms with Gasteiger partial charge in [-0.05, 0) is 31.5 Å². The molecular formula is C25H30N4O5. The highest BCUT2D eigenvalue weighted by Crippen LogP contribution is 2.35. The van der Waals surface area contributed by atoms with Gasteiger partial charge in [0.25, 0.3) is 5.91 Å². The van der Waals surface area contributed by atoms with E-state index < -0.39 is 5.60 Å². The van der Waals surface area contributed by atoms with Gasteiger partial charge in [-0.1, -0.05) is 17.9 Å². The molecule has 0 spiro atoms. The molecule has 3 atom stereocenters. The van der Waals surface area contributed by atoms with Crippen LogP contribution in [0.4, 0.5) is 5.69 Å². The van der Waals surface area contributed by atoms with Crippen LogP contribution in [0.2, 0.25) is 0 Å². The van der Waals surface area contributed by atoms with Crippen LogP contribution in [0.25, 0.3) is 0 Å². The van der Waals surface area contributed by atoms with Crippen LogP contribution < -0.4 is 5.01 Å². The second-order valence-corrected chi connectivity index (χ2v) is 9.34. The van der Waals surface area contributed by atoms with Crippen molar-refractivity contribution in [1.29, 1.82) is 0 Å². The summed E-state index contributed by atoms with van der Waals surface area (Å²) in [7, 11) is 1.66. The molecule has 3 fully saturated rings. The molecule has 0 radical (unpaired) electrons. The Labute approximate surface area is 199 Å². The number of likely N-dealkylation sites (tertiary alicyclic amines) is 2. The first-order valence-corrected chi connectivity index (χ1v) is 11.9. The van der Waals surface area contributed by atoms with E-state index >= 15 is 0 Å². The number of hydrogen-bond donors (Lipinski definition) is 1. The van der Waals surface area contributed by atoms with Gasteiger partial charge in [0, 0.05) is 44.6 Å². The van der Waals surface area contributed by atoms with Crippen molar-refractivity contribution < 1.29 is 24.2 Å². The predicted molar refractivity (Wildman–Crippen MR) is 125 cm³/mol. The summed E-state index contributed by atoms with van der Waals surface area (Å²) in [5, 5.41) is 17.3. The van der Waals surface area contributed by atoms with Gasteiger partial charge < -0.3 is 19.5 Å². The third kappa shape index (κ3) is 4.06. The number of piperidine rings is 1. The maximum atomic E-state index is 12.7. The number of aliphatic hydroxyl groups is 1. The number of likely N-dealkylation sites (N-methyl/N-ethyl adjacent to an activating group) is 1. The minimum atomic E-state index is -1.64. The zero-order valence-corrected chi connectivity index (χ0v) is 19.6. The number of hydrazone groups is 1. The normalized spacial score (nSPS) is 29.3. The number of ether oxygens (including phenoxy) is 2. The molecule has 0 bridgehead atoms. The van der Waals surface area contributed by atoms with Crippen LogP contribution >= 0.6 is 0 Å². The van der Waals surface area contributed by atoms with Crippen LogP contribution in [-0.4, -0.2) is 96.7 Å². The molecule has 9 heteroatoms. The monoisotopic (exact) mass is 466 g/mol. The summed E-state index contributed by atoms with van der Waals surface area (Å²) in [5.74, 6) is 4.96. The molecule has 34 heavy (non-hydrogen) atoms. The Morgan fingerprint density at radius 1 is 1.35 bits per heavy atom. The van der Waals surface area contributed by atoms with Gasteiger partial charge in [0.15, 0.2) is 5.71 Å². The van der Waals surface area contributed by atoms with Crippen LogP contribution in [0.1, 0.15) is 25.3 Å². The van der Waals surface area contributed by atoms with E-state index in [9.17, 15) is 14.7 Å². The molecule has 180 valence electrons. The molecule has 1 aromatic carbocycles. The SMILES string of the molecule is CCOC(=O)C1=NN(c2cccc(C#C[C@]3(O)CCN(C)C3=O)c2)C2CCN(C3COC3)CC12. The average Bonchev–Trinajstić information content (AvgIpc) is 3.30. The van der Waals surface area contributed by atoms with Gasteiger partial charge in [0.2, 0.25) is 5.60 Å². The summed E-state index contributed by atoms with van der Waals surface area (Å²) in [6.07, 6.45) is 1.16. The molecule has 5 rings (SSSR count). The third-order valence-corrected chi connectivity index (χ3v) is 7.14. The first-order valence-electron chi connectivity index (χ1n) is 11.9. The lowest BCUT2D eigenvalue weighted by Gasteiger charge is -2.44. The summed E-state index contributed by atoms with van der Waals surface area (Å²) < 4.78 is 10.7. The van der Waals surface area contributed by atoms with Crippen molar-refractivity contribution in [2.24, 2.45) is 11.0 Å². The maximum Gasteiger partial charge on any atom is 0.354 e.